The molecule has 5 N–H and O–H groups in total. The van der Waals surface area contributed by atoms with E-state index in [4.69, 9.17) is 9.47 Å². The minimum Gasteiger partial charge on any atom is -0.507 e. The maximum atomic E-state index is 13.7. The normalized spacial score (nSPS) is 12.4. The number of aryl methyl sites for hydroxylation is 3. The number of rotatable bonds is 29. The van der Waals surface area contributed by atoms with Crippen LogP contribution in [0.4, 0.5) is 9.59 Å². The van der Waals surface area contributed by atoms with Crippen molar-refractivity contribution in [3.8, 4) is 17.2 Å². The van der Waals surface area contributed by atoms with Gasteiger partial charge < -0.3 is 34.8 Å². The van der Waals surface area contributed by atoms with Crippen molar-refractivity contribution in [3.05, 3.63) is 86.5 Å². The molecule has 0 fully saturated rings. The molecular formula is C73H121N3O11S2. The fourth-order valence-electron chi connectivity index (χ4n) is 9.83. The second-order valence-corrected chi connectivity index (χ2v) is 31.8. The first-order valence-corrected chi connectivity index (χ1v) is 35.1. The Kier molecular flexibility index (Phi) is 35.2. The summed E-state index contributed by atoms with van der Waals surface area (Å²) in [6.07, 6.45) is 7.30. The molecule has 14 nitrogen and oxygen atoms in total. The molecule has 3 aromatic carbocycles. The molecular weight excluding hydrogens is 1160 g/mol. The van der Waals surface area contributed by atoms with Gasteiger partial charge in [-0.3, -0.25) is 19.7 Å². The average molecular weight is 1280 g/mol. The summed E-state index contributed by atoms with van der Waals surface area (Å²) in [6, 6.07) is 11.0. The van der Waals surface area contributed by atoms with Crippen molar-refractivity contribution >= 4 is 53.9 Å². The molecule has 0 bridgehead atoms. The first kappa shape index (κ1) is 82.1. The van der Waals surface area contributed by atoms with Gasteiger partial charge in [0.25, 0.3) is 0 Å². The number of phenols is 3. The zero-order valence-corrected chi connectivity index (χ0v) is 61.0. The number of nitrogens with zero attached hydrogens (tertiary/aromatic N) is 2. The lowest BCUT2D eigenvalue weighted by Gasteiger charge is -2.29. The fraction of sp³-hybridized carbons (Fsp3) is 0.685. The SMILES string of the molecule is CC.CCCCN(CCCSCCC(O)CCc1cc(C(C)(C)C)c(O)c(C(C)(C)C)c1)C(=O)N(CCCSCCOC(=O)CCc1cc(C(C)(C)C)c(O)c(C(C)(C)C)c1)C(=O)NC=O.CCCOC(=O)CCc1cc(C(C)(C)C)c(O)c(C(C)(C)C)c1. The Balaban J connectivity index is 0.00000132. The lowest BCUT2D eigenvalue weighted by Crippen LogP contribution is -2.50. The topological polar surface area (TPSA) is 203 Å². The summed E-state index contributed by atoms with van der Waals surface area (Å²) in [5, 5.41) is 45.7. The van der Waals surface area contributed by atoms with E-state index in [1.807, 2.05) is 52.0 Å². The molecule has 0 spiro atoms. The second kappa shape index (κ2) is 38.2. The zero-order chi connectivity index (χ0) is 68.3. The molecule has 0 saturated heterocycles. The first-order valence-electron chi connectivity index (χ1n) is 32.7. The molecule has 3 aromatic rings. The van der Waals surface area contributed by atoms with E-state index in [2.05, 4.69) is 142 Å². The Bertz CT molecular complexity index is 2560. The van der Waals surface area contributed by atoms with Crippen molar-refractivity contribution in [2.75, 3.05) is 55.9 Å². The molecule has 0 aliphatic heterocycles. The fourth-order valence-corrected chi connectivity index (χ4v) is 11.5. The Morgan fingerprint density at radius 1 is 0.494 bits per heavy atom. The Hall–Kier alpha value is -4.93. The smallest absolute Gasteiger partial charge is 0.331 e. The van der Waals surface area contributed by atoms with Crippen molar-refractivity contribution < 1.29 is 53.9 Å². The Morgan fingerprint density at radius 2 is 0.843 bits per heavy atom. The van der Waals surface area contributed by atoms with Crippen LogP contribution in [0.15, 0.2) is 36.4 Å². The van der Waals surface area contributed by atoms with Gasteiger partial charge in [0.15, 0.2) is 0 Å². The molecule has 506 valence electrons. The van der Waals surface area contributed by atoms with Crippen LogP contribution in [0.3, 0.4) is 0 Å². The number of aliphatic hydroxyl groups is 1. The van der Waals surface area contributed by atoms with Crippen LogP contribution in [0.25, 0.3) is 0 Å². The van der Waals surface area contributed by atoms with Crippen molar-refractivity contribution in [3.63, 3.8) is 0 Å². The number of phenolic OH excluding ortho intramolecular Hbond substituents is 3. The standard InChI is InChI=1S/C51H83N3O8S2.C20H32O3.C2H6/c1-14-15-23-53(24-16-27-63-29-22-38(56)20-18-36-31-39(48(2,3)4)44(58)40(32-36)49(5,6)7)47(61)54(46(60)52-35-55)25-17-28-64-30-26-62-43(57)21-19-37-33-41(50(8,9)10)45(59)42(34-37)51(11,12)13;1-8-11-23-17(21)10-9-14-12-15(19(2,3)4)18(22)16(13-14)20(5,6)7;1-2/h31-35,38,56,58-59H,14-30H2,1-13H3,(H,52,55,60);12-13,22H,8-11H2,1-7H3;1-2H3. The average Bonchev–Trinajstić information content (AvgIpc) is 0.840. The highest BCUT2D eigenvalue weighted by Crippen LogP contribution is 2.43. The number of carbonyl (C=O) groups is 5. The predicted molar refractivity (Wildman–Crippen MR) is 373 cm³/mol. The van der Waals surface area contributed by atoms with Crippen LogP contribution in [-0.4, -0.2) is 123 Å². The number of urea groups is 2. The number of imide groups is 2. The van der Waals surface area contributed by atoms with Crippen LogP contribution >= 0.6 is 23.5 Å². The summed E-state index contributed by atoms with van der Waals surface area (Å²) in [6.45, 7) is 47.4. The van der Waals surface area contributed by atoms with Crippen LogP contribution in [0.2, 0.25) is 0 Å². The summed E-state index contributed by atoms with van der Waals surface area (Å²) in [7, 11) is 0. The maximum absolute atomic E-state index is 13.7. The van der Waals surface area contributed by atoms with Gasteiger partial charge in [0.05, 0.1) is 12.7 Å². The second-order valence-electron chi connectivity index (χ2n) is 29.3. The van der Waals surface area contributed by atoms with Crippen molar-refractivity contribution in [2.24, 2.45) is 0 Å². The minimum absolute atomic E-state index is 0.138. The highest BCUT2D eigenvalue weighted by atomic mass is 32.2. The Labute approximate surface area is 547 Å². The molecule has 1 atom stereocenters. The van der Waals surface area contributed by atoms with Gasteiger partial charge in [-0.25, -0.2) is 14.5 Å². The highest BCUT2D eigenvalue weighted by Gasteiger charge is 2.31. The van der Waals surface area contributed by atoms with Gasteiger partial charge in [-0.2, -0.15) is 23.5 Å². The number of thioether (sulfide) groups is 2. The van der Waals surface area contributed by atoms with E-state index in [1.165, 1.54) is 0 Å². The third-order valence-corrected chi connectivity index (χ3v) is 17.1. The van der Waals surface area contributed by atoms with Crippen molar-refractivity contribution in [2.45, 2.75) is 268 Å². The summed E-state index contributed by atoms with van der Waals surface area (Å²) < 4.78 is 10.7. The number of esters is 2. The number of benzene rings is 3. The number of hydrogen-bond acceptors (Lipinski definition) is 13. The van der Waals surface area contributed by atoms with Gasteiger partial charge in [-0.15, -0.1) is 0 Å². The van der Waals surface area contributed by atoms with Crippen LogP contribution in [0.5, 0.6) is 17.2 Å². The molecule has 3 rings (SSSR count). The minimum atomic E-state index is -0.752. The van der Waals surface area contributed by atoms with E-state index < -0.39 is 18.2 Å². The number of carbonyl (C=O) groups excluding carboxylic acids is 5. The van der Waals surface area contributed by atoms with Crippen molar-refractivity contribution in [1.82, 2.24) is 15.1 Å². The van der Waals surface area contributed by atoms with E-state index in [9.17, 15) is 44.4 Å². The molecule has 0 radical (unpaired) electrons. The maximum Gasteiger partial charge on any atom is 0.331 e. The molecule has 0 heterocycles. The van der Waals surface area contributed by atoms with Crippen LogP contribution < -0.4 is 5.32 Å². The zero-order valence-electron chi connectivity index (χ0n) is 59.3. The molecule has 1 unspecified atom stereocenters. The third kappa shape index (κ3) is 29.5. The van der Waals surface area contributed by atoms with Crippen LogP contribution in [0, 0.1) is 0 Å². The number of ether oxygens (including phenoxy) is 2. The predicted octanol–water partition coefficient (Wildman–Crippen LogP) is 16.7. The van der Waals surface area contributed by atoms with E-state index in [0.717, 1.165) is 98.6 Å². The number of aliphatic hydroxyl groups excluding tert-OH is 1. The first-order chi connectivity index (χ1) is 41.2. The number of hydrogen-bond donors (Lipinski definition) is 5. The number of amides is 5. The monoisotopic (exact) mass is 1280 g/mol. The summed E-state index contributed by atoms with van der Waals surface area (Å²) in [5.41, 5.74) is 7.39. The van der Waals surface area contributed by atoms with Crippen LogP contribution in [-0.2, 0) is 75.6 Å². The Morgan fingerprint density at radius 3 is 1.20 bits per heavy atom. The quantitative estimate of drug-likeness (QED) is 0.0250. The molecule has 0 aliphatic carbocycles. The van der Waals surface area contributed by atoms with Crippen LogP contribution in [0.1, 0.15) is 260 Å². The molecule has 16 heteroatoms. The van der Waals surface area contributed by atoms with E-state index in [-0.39, 0.29) is 64.0 Å². The molecule has 89 heavy (non-hydrogen) atoms. The number of aromatic hydroxyl groups is 3. The third-order valence-electron chi connectivity index (χ3n) is 15.0. The van der Waals surface area contributed by atoms with Gasteiger partial charge >= 0.3 is 24.0 Å². The van der Waals surface area contributed by atoms with E-state index in [0.29, 0.717) is 93.4 Å². The molecule has 0 saturated carbocycles. The lowest BCUT2D eigenvalue weighted by molar-refractivity contribution is -0.144. The largest absolute Gasteiger partial charge is 0.507 e. The van der Waals surface area contributed by atoms with Gasteiger partial charge in [0.1, 0.15) is 23.9 Å². The lowest BCUT2D eigenvalue weighted by atomic mass is 9.78. The number of nitrogens with one attached hydrogen (secondary N) is 1. The molecule has 0 aliphatic rings. The summed E-state index contributed by atoms with van der Waals surface area (Å²) >= 11 is 3.30. The highest BCUT2D eigenvalue weighted by molar-refractivity contribution is 7.99. The van der Waals surface area contributed by atoms with Crippen molar-refractivity contribution in [1.29, 1.82) is 0 Å². The van der Waals surface area contributed by atoms with Gasteiger partial charge in [0.2, 0.25) is 6.41 Å². The van der Waals surface area contributed by atoms with E-state index in [1.54, 1.807) is 28.4 Å². The summed E-state index contributed by atoms with van der Waals surface area (Å²) in [5.74, 6) is 3.36. The van der Waals surface area contributed by atoms with Gasteiger partial charge in [-0.05, 0) is 158 Å². The van der Waals surface area contributed by atoms with Gasteiger partial charge in [0, 0.05) is 38.2 Å². The number of unbranched alkanes of at least 4 members (excludes halogenated alkanes) is 1. The molecule has 5 amide bonds. The van der Waals surface area contributed by atoms with Gasteiger partial charge in [-0.1, -0.05) is 195 Å². The molecule has 0 aromatic heterocycles. The van der Waals surface area contributed by atoms with E-state index >= 15 is 0 Å². The summed E-state index contributed by atoms with van der Waals surface area (Å²) in [4.78, 5) is 65.0.